The lowest BCUT2D eigenvalue weighted by molar-refractivity contribution is -0.125. The van der Waals surface area contributed by atoms with Gasteiger partial charge in [-0.05, 0) is 42.8 Å². The average molecular weight is 389 g/mol. The Kier molecular flexibility index (Phi) is 4.85. The van der Waals surface area contributed by atoms with E-state index in [-0.39, 0.29) is 24.8 Å². The zero-order valence-corrected chi connectivity index (χ0v) is 14.7. The summed E-state index contributed by atoms with van der Waals surface area (Å²) >= 11 is 3.42. The number of hydrogen-bond acceptors (Lipinski definition) is 3. The summed E-state index contributed by atoms with van der Waals surface area (Å²) in [5, 5.41) is 5.63. The largest absolute Gasteiger partial charge is 0.491 e. The smallest absolute Gasteiger partial charge is 0.231 e. The minimum absolute atomic E-state index is 0.0644. The van der Waals surface area contributed by atoms with Crippen molar-refractivity contribution in [3.63, 3.8) is 0 Å². The Labute approximate surface area is 148 Å². The molecule has 6 heteroatoms. The molecule has 0 bridgehead atoms. The van der Waals surface area contributed by atoms with Gasteiger partial charge in [0.1, 0.15) is 12.4 Å². The van der Waals surface area contributed by atoms with E-state index in [2.05, 4.69) is 26.6 Å². The Bertz CT molecular complexity index is 792. The molecule has 0 fully saturated rings. The Morgan fingerprint density at radius 1 is 1.33 bits per heavy atom. The van der Waals surface area contributed by atoms with Crippen LogP contribution in [0, 0.1) is 12.8 Å². The number of halogens is 1. The quantitative estimate of drug-likeness (QED) is 0.841. The highest BCUT2D eigenvalue weighted by Gasteiger charge is 2.26. The van der Waals surface area contributed by atoms with Crippen molar-refractivity contribution in [3.05, 3.63) is 52.5 Å². The zero-order chi connectivity index (χ0) is 17.1. The van der Waals surface area contributed by atoms with Crippen LogP contribution in [0.15, 0.2) is 46.9 Å². The first-order valence-corrected chi connectivity index (χ1v) is 8.41. The van der Waals surface area contributed by atoms with Crippen molar-refractivity contribution in [2.75, 3.05) is 17.2 Å². The normalized spacial score (nSPS) is 16.4. The highest BCUT2D eigenvalue weighted by molar-refractivity contribution is 9.10. The Morgan fingerprint density at radius 3 is 2.92 bits per heavy atom. The number of benzene rings is 2. The summed E-state index contributed by atoms with van der Waals surface area (Å²) in [6, 6.07) is 12.8. The first-order valence-electron chi connectivity index (χ1n) is 7.61. The van der Waals surface area contributed by atoms with E-state index in [1.807, 2.05) is 37.3 Å². The van der Waals surface area contributed by atoms with Crippen LogP contribution in [0.3, 0.4) is 0 Å². The molecule has 1 aliphatic rings. The van der Waals surface area contributed by atoms with E-state index in [1.165, 1.54) is 0 Å². The summed E-state index contributed by atoms with van der Waals surface area (Å²) in [5.74, 6) is -0.334. The number of rotatable bonds is 3. The molecule has 0 saturated heterocycles. The van der Waals surface area contributed by atoms with Crippen molar-refractivity contribution in [1.82, 2.24) is 0 Å². The van der Waals surface area contributed by atoms with Crippen molar-refractivity contribution in [2.24, 2.45) is 5.92 Å². The van der Waals surface area contributed by atoms with Gasteiger partial charge in [0.2, 0.25) is 11.8 Å². The molecule has 2 aromatic carbocycles. The lowest BCUT2D eigenvalue weighted by Crippen LogP contribution is -2.29. The van der Waals surface area contributed by atoms with Gasteiger partial charge in [0.25, 0.3) is 0 Å². The lowest BCUT2D eigenvalue weighted by Gasteiger charge is -2.13. The molecule has 5 nitrogen and oxygen atoms in total. The van der Waals surface area contributed by atoms with Crippen LogP contribution in [0.1, 0.15) is 12.0 Å². The van der Waals surface area contributed by atoms with Gasteiger partial charge < -0.3 is 15.4 Å². The van der Waals surface area contributed by atoms with Gasteiger partial charge in [-0.2, -0.15) is 0 Å². The molecule has 0 aromatic heterocycles. The molecule has 2 aromatic rings. The fraction of sp³-hybridized carbons (Fsp3) is 0.222. The fourth-order valence-electron chi connectivity index (χ4n) is 2.51. The molecule has 0 saturated carbocycles. The maximum Gasteiger partial charge on any atom is 0.231 e. The third-order valence-corrected chi connectivity index (χ3v) is 4.72. The van der Waals surface area contributed by atoms with Gasteiger partial charge in [-0.1, -0.05) is 28.1 Å². The number of nitrogens with one attached hydrogen (secondary N) is 2. The van der Waals surface area contributed by atoms with Crippen molar-refractivity contribution in [2.45, 2.75) is 13.3 Å². The van der Waals surface area contributed by atoms with Gasteiger partial charge in [0.15, 0.2) is 0 Å². The third kappa shape index (κ3) is 3.76. The zero-order valence-electron chi connectivity index (χ0n) is 13.1. The number of amides is 2. The number of hydrogen-bond donors (Lipinski definition) is 2. The highest BCUT2D eigenvalue weighted by Crippen LogP contribution is 2.28. The van der Waals surface area contributed by atoms with E-state index in [9.17, 15) is 9.59 Å². The molecule has 1 atom stereocenters. The number of aryl methyl sites for hydroxylation is 1. The van der Waals surface area contributed by atoms with Crippen LogP contribution in [0.5, 0.6) is 5.75 Å². The number of anilines is 2. The highest BCUT2D eigenvalue weighted by atomic mass is 79.9. The van der Waals surface area contributed by atoms with Crippen LogP contribution in [-0.2, 0) is 9.59 Å². The predicted octanol–water partition coefficient (Wildman–Crippen LogP) is 3.73. The number of para-hydroxylation sites is 2. The predicted molar refractivity (Wildman–Crippen MR) is 96.2 cm³/mol. The van der Waals surface area contributed by atoms with E-state index in [1.54, 1.807) is 12.1 Å². The molecule has 2 amide bonds. The van der Waals surface area contributed by atoms with E-state index in [0.29, 0.717) is 17.1 Å². The second kappa shape index (κ2) is 7.05. The molecule has 2 N–H and O–H groups in total. The minimum Gasteiger partial charge on any atom is -0.491 e. The van der Waals surface area contributed by atoms with E-state index < -0.39 is 5.92 Å². The van der Waals surface area contributed by atoms with Crippen molar-refractivity contribution in [3.8, 4) is 5.75 Å². The molecule has 0 radical (unpaired) electrons. The molecule has 3 rings (SSSR count). The van der Waals surface area contributed by atoms with E-state index in [0.717, 1.165) is 10.0 Å². The average Bonchev–Trinajstić information content (AvgIpc) is 2.70. The molecule has 0 aliphatic carbocycles. The van der Waals surface area contributed by atoms with E-state index in [4.69, 9.17) is 4.74 Å². The van der Waals surface area contributed by atoms with Crippen LogP contribution in [0.2, 0.25) is 0 Å². The number of carbonyl (C=O) groups is 2. The molecule has 124 valence electrons. The molecule has 0 spiro atoms. The Hall–Kier alpha value is -2.34. The summed E-state index contributed by atoms with van der Waals surface area (Å²) in [4.78, 5) is 24.5. The maximum atomic E-state index is 12.3. The Morgan fingerprint density at radius 2 is 2.12 bits per heavy atom. The molecular weight excluding hydrogens is 372 g/mol. The number of fused-ring (bicyclic) bond motifs is 1. The van der Waals surface area contributed by atoms with Crippen molar-refractivity contribution >= 4 is 39.1 Å². The van der Waals surface area contributed by atoms with Gasteiger partial charge in [0.05, 0.1) is 11.6 Å². The SMILES string of the molecule is Cc1cc(NC(=O)C[C@H]2COc3ccccc3NC2=O)ccc1Br. The summed E-state index contributed by atoms with van der Waals surface area (Å²) < 4.78 is 6.63. The van der Waals surface area contributed by atoms with Gasteiger partial charge in [0, 0.05) is 16.6 Å². The standard InChI is InChI=1S/C18H17BrN2O3/c1-11-8-13(6-7-14(11)19)20-17(22)9-12-10-24-16-5-3-2-4-15(16)21-18(12)23/h2-8,12H,9-10H2,1H3,(H,20,22)(H,21,23)/t12-/m0/s1. The van der Waals surface area contributed by atoms with Gasteiger partial charge in [-0.25, -0.2) is 0 Å². The minimum atomic E-state index is -0.533. The molecule has 0 unspecified atom stereocenters. The van der Waals surface area contributed by atoms with Crippen molar-refractivity contribution < 1.29 is 14.3 Å². The first kappa shape index (κ1) is 16.5. The summed E-state index contributed by atoms with van der Waals surface area (Å²) in [7, 11) is 0. The van der Waals surface area contributed by atoms with E-state index >= 15 is 0 Å². The van der Waals surface area contributed by atoms with Crippen LogP contribution in [0.25, 0.3) is 0 Å². The fourth-order valence-corrected chi connectivity index (χ4v) is 2.75. The van der Waals surface area contributed by atoms with Gasteiger partial charge in [-0.15, -0.1) is 0 Å². The second-order valence-electron chi connectivity index (χ2n) is 5.71. The second-order valence-corrected chi connectivity index (χ2v) is 6.56. The molecule has 1 heterocycles. The summed E-state index contributed by atoms with van der Waals surface area (Å²) in [6.45, 7) is 2.12. The summed E-state index contributed by atoms with van der Waals surface area (Å²) in [6.07, 6.45) is 0.0644. The molecule has 1 aliphatic heterocycles. The lowest BCUT2D eigenvalue weighted by atomic mass is 10.1. The van der Waals surface area contributed by atoms with Crippen LogP contribution < -0.4 is 15.4 Å². The third-order valence-electron chi connectivity index (χ3n) is 3.83. The monoisotopic (exact) mass is 388 g/mol. The molecule has 24 heavy (non-hydrogen) atoms. The maximum absolute atomic E-state index is 12.3. The molecular formula is C18H17BrN2O3. The first-order chi connectivity index (χ1) is 11.5. The van der Waals surface area contributed by atoms with Gasteiger partial charge in [-0.3, -0.25) is 9.59 Å². The summed E-state index contributed by atoms with van der Waals surface area (Å²) in [5.41, 5.74) is 2.37. The topological polar surface area (TPSA) is 67.4 Å². The number of carbonyl (C=O) groups excluding carboxylic acids is 2. The van der Waals surface area contributed by atoms with Crippen molar-refractivity contribution in [1.29, 1.82) is 0 Å². The van der Waals surface area contributed by atoms with Crippen LogP contribution in [0.4, 0.5) is 11.4 Å². The van der Waals surface area contributed by atoms with Gasteiger partial charge >= 0.3 is 0 Å². The Balaban J connectivity index is 1.64. The van der Waals surface area contributed by atoms with Crippen LogP contribution >= 0.6 is 15.9 Å². The number of ether oxygens (including phenoxy) is 1. The van der Waals surface area contributed by atoms with Crippen LogP contribution in [-0.4, -0.2) is 18.4 Å².